The highest BCUT2D eigenvalue weighted by molar-refractivity contribution is 6.04. The van der Waals surface area contributed by atoms with Gasteiger partial charge in [0.2, 0.25) is 0 Å². The van der Waals surface area contributed by atoms with E-state index in [2.05, 4.69) is 22.5 Å². The van der Waals surface area contributed by atoms with Gasteiger partial charge in [0.25, 0.3) is 5.91 Å². The van der Waals surface area contributed by atoms with Gasteiger partial charge in [0.1, 0.15) is 11.6 Å². The Hall–Kier alpha value is -2.56. The molecule has 5 nitrogen and oxygen atoms in total. The minimum absolute atomic E-state index is 0.191. The molecule has 0 spiro atoms. The third-order valence-corrected chi connectivity index (χ3v) is 3.44. The van der Waals surface area contributed by atoms with Crippen molar-refractivity contribution in [1.29, 1.82) is 0 Å². The highest BCUT2D eigenvalue weighted by Gasteiger charge is 2.07. The van der Waals surface area contributed by atoms with Gasteiger partial charge in [-0.15, -0.1) is 0 Å². The summed E-state index contributed by atoms with van der Waals surface area (Å²) in [7, 11) is 1.59. The molecule has 0 saturated carbocycles. The van der Waals surface area contributed by atoms with Gasteiger partial charge >= 0.3 is 0 Å². The number of anilines is 2. The monoisotopic (exact) mass is 313 g/mol. The molecule has 0 aliphatic heterocycles. The zero-order chi connectivity index (χ0) is 16.5. The lowest BCUT2D eigenvalue weighted by molar-refractivity contribution is 0.102. The molecule has 2 N–H and O–H groups in total. The summed E-state index contributed by atoms with van der Waals surface area (Å²) < 4.78 is 5.14. The van der Waals surface area contributed by atoms with E-state index in [1.807, 2.05) is 24.3 Å². The van der Waals surface area contributed by atoms with Crippen molar-refractivity contribution in [3.63, 3.8) is 0 Å². The number of hydrogen-bond acceptors (Lipinski definition) is 4. The third-order valence-electron chi connectivity index (χ3n) is 3.44. The first-order valence-corrected chi connectivity index (χ1v) is 7.88. The van der Waals surface area contributed by atoms with Gasteiger partial charge < -0.3 is 15.4 Å². The number of ether oxygens (including phenoxy) is 1. The molecule has 0 radical (unpaired) electrons. The number of carbonyl (C=O) groups is 1. The number of pyridine rings is 1. The zero-order valence-electron chi connectivity index (χ0n) is 13.6. The van der Waals surface area contributed by atoms with Crippen LogP contribution in [-0.4, -0.2) is 24.5 Å². The number of amides is 1. The molecule has 1 heterocycles. The van der Waals surface area contributed by atoms with E-state index in [1.165, 1.54) is 12.8 Å². The molecule has 0 unspecified atom stereocenters. The second kappa shape index (κ2) is 8.78. The van der Waals surface area contributed by atoms with Crippen molar-refractivity contribution in [3.05, 3.63) is 48.2 Å². The van der Waals surface area contributed by atoms with E-state index in [9.17, 15) is 4.79 Å². The molecule has 23 heavy (non-hydrogen) atoms. The van der Waals surface area contributed by atoms with E-state index in [1.54, 1.807) is 25.4 Å². The number of aromatic nitrogens is 1. The molecule has 0 fully saturated rings. The van der Waals surface area contributed by atoms with Crippen molar-refractivity contribution in [1.82, 2.24) is 4.98 Å². The van der Waals surface area contributed by atoms with E-state index in [0.717, 1.165) is 18.8 Å². The SMILES string of the molecule is CCCCCNc1ccc(C(=O)Nc2cccc(OC)c2)cn1. The van der Waals surface area contributed by atoms with Crippen LogP contribution in [0, 0.1) is 0 Å². The Morgan fingerprint density at radius 2 is 2.09 bits per heavy atom. The Morgan fingerprint density at radius 1 is 1.22 bits per heavy atom. The highest BCUT2D eigenvalue weighted by atomic mass is 16.5. The van der Waals surface area contributed by atoms with Crippen molar-refractivity contribution in [2.45, 2.75) is 26.2 Å². The quantitative estimate of drug-likeness (QED) is 0.724. The molecule has 122 valence electrons. The lowest BCUT2D eigenvalue weighted by atomic mass is 10.2. The molecule has 0 bridgehead atoms. The van der Waals surface area contributed by atoms with E-state index >= 15 is 0 Å². The van der Waals surface area contributed by atoms with Crippen molar-refractivity contribution in [3.8, 4) is 5.75 Å². The predicted octanol–water partition coefficient (Wildman–Crippen LogP) is 3.94. The van der Waals surface area contributed by atoms with Crippen LogP contribution in [-0.2, 0) is 0 Å². The molecule has 2 aromatic rings. The first kappa shape index (κ1) is 16.8. The first-order valence-electron chi connectivity index (χ1n) is 7.88. The average Bonchev–Trinajstić information content (AvgIpc) is 2.59. The van der Waals surface area contributed by atoms with Crippen LogP contribution in [0.4, 0.5) is 11.5 Å². The molecular weight excluding hydrogens is 290 g/mol. The van der Waals surface area contributed by atoms with Gasteiger partial charge in [-0.05, 0) is 30.7 Å². The summed E-state index contributed by atoms with van der Waals surface area (Å²) in [6, 6.07) is 10.8. The summed E-state index contributed by atoms with van der Waals surface area (Å²) in [4.78, 5) is 16.5. The summed E-state index contributed by atoms with van der Waals surface area (Å²) in [5.41, 5.74) is 1.21. The molecule has 0 atom stereocenters. The van der Waals surface area contributed by atoms with Gasteiger partial charge in [0, 0.05) is 24.5 Å². The van der Waals surface area contributed by atoms with Crippen LogP contribution in [0.1, 0.15) is 36.5 Å². The minimum Gasteiger partial charge on any atom is -0.497 e. The van der Waals surface area contributed by atoms with E-state index in [0.29, 0.717) is 17.0 Å². The Kier molecular flexibility index (Phi) is 6.41. The van der Waals surface area contributed by atoms with Gasteiger partial charge in [0.15, 0.2) is 0 Å². The zero-order valence-corrected chi connectivity index (χ0v) is 13.6. The number of hydrogen-bond donors (Lipinski definition) is 2. The molecule has 0 saturated heterocycles. The van der Waals surface area contributed by atoms with Crippen LogP contribution < -0.4 is 15.4 Å². The molecule has 1 aromatic carbocycles. The van der Waals surface area contributed by atoms with Crippen molar-refractivity contribution in [2.24, 2.45) is 0 Å². The molecule has 0 aliphatic carbocycles. The Morgan fingerprint density at radius 3 is 2.78 bits per heavy atom. The summed E-state index contributed by atoms with van der Waals surface area (Å²) in [5, 5.41) is 6.08. The molecule has 1 amide bonds. The fourth-order valence-corrected chi connectivity index (χ4v) is 2.13. The number of nitrogens with one attached hydrogen (secondary N) is 2. The lowest BCUT2D eigenvalue weighted by Crippen LogP contribution is -2.12. The molecule has 1 aromatic heterocycles. The number of benzene rings is 1. The van der Waals surface area contributed by atoms with Crippen LogP contribution in [0.5, 0.6) is 5.75 Å². The Labute approximate surface area is 137 Å². The van der Waals surface area contributed by atoms with Gasteiger partial charge in [-0.25, -0.2) is 4.98 Å². The molecule has 2 rings (SSSR count). The average molecular weight is 313 g/mol. The van der Waals surface area contributed by atoms with Crippen LogP contribution >= 0.6 is 0 Å². The summed E-state index contributed by atoms with van der Waals surface area (Å²) in [6.45, 7) is 3.07. The topological polar surface area (TPSA) is 63.2 Å². The van der Waals surface area contributed by atoms with E-state index in [4.69, 9.17) is 4.74 Å². The van der Waals surface area contributed by atoms with Gasteiger partial charge in [-0.2, -0.15) is 0 Å². The van der Waals surface area contributed by atoms with Crippen LogP contribution in [0.3, 0.4) is 0 Å². The van der Waals surface area contributed by atoms with Gasteiger partial charge in [0.05, 0.1) is 12.7 Å². The summed E-state index contributed by atoms with van der Waals surface area (Å²) in [6.07, 6.45) is 5.10. The second-order valence-corrected chi connectivity index (χ2v) is 5.25. The normalized spacial score (nSPS) is 10.2. The first-order chi connectivity index (χ1) is 11.2. The molecule has 0 aliphatic rings. The van der Waals surface area contributed by atoms with Crippen LogP contribution in [0.25, 0.3) is 0 Å². The van der Waals surface area contributed by atoms with Crippen LogP contribution in [0.15, 0.2) is 42.6 Å². The number of carbonyl (C=O) groups excluding carboxylic acids is 1. The van der Waals surface area contributed by atoms with Crippen molar-refractivity contribution >= 4 is 17.4 Å². The maximum atomic E-state index is 12.2. The van der Waals surface area contributed by atoms with E-state index in [-0.39, 0.29) is 5.91 Å². The number of unbranched alkanes of at least 4 members (excludes halogenated alkanes) is 2. The largest absolute Gasteiger partial charge is 0.497 e. The summed E-state index contributed by atoms with van der Waals surface area (Å²) in [5.74, 6) is 1.30. The minimum atomic E-state index is -0.191. The smallest absolute Gasteiger partial charge is 0.257 e. The summed E-state index contributed by atoms with van der Waals surface area (Å²) >= 11 is 0. The fourth-order valence-electron chi connectivity index (χ4n) is 2.13. The number of methoxy groups -OCH3 is 1. The van der Waals surface area contributed by atoms with Gasteiger partial charge in [-0.3, -0.25) is 4.79 Å². The van der Waals surface area contributed by atoms with Crippen molar-refractivity contribution in [2.75, 3.05) is 24.3 Å². The maximum absolute atomic E-state index is 12.2. The number of nitrogens with zero attached hydrogens (tertiary/aromatic N) is 1. The van der Waals surface area contributed by atoms with E-state index < -0.39 is 0 Å². The van der Waals surface area contributed by atoms with Crippen LogP contribution in [0.2, 0.25) is 0 Å². The Balaban J connectivity index is 1.91. The maximum Gasteiger partial charge on any atom is 0.257 e. The second-order valence-electron chi connectivity index (χ2n) is 5.25. The number of rotatable bonds is 8. The fraction of sp³-hybridized carbons (Fsp3) is 0.333. The van der Waals surface area contributed by atoms with Gasteiger partial charge in [-0.1, -0.05) is 25.8 Å². The van der Waals surface area contributed by atoms with Crippen molar-refractivity contribution < 1.29 is 9.53 Å². The lowest BCUT2D eigenvalue weighted by Gasteiger charge is -2.08. The predicted molar refractivity (Wildman–Crippen MR) is 93.2 cm³/mol. The molecular formula is C18H23N3O2. The molecule has 5 heteroatoms. The highest BCUT2D eigenvalue weighted by Crippen LogP contribution is 2.17. The standard InChI is InChI=1S/C18H23N3O2/c1-3-4-5-11-19-17-10-9-14(13-20-17)18(22)21-15-7-6-8-16(12-15)23-2/h6-10,12-13H,3-5,11H2,1-2H3,(H,19,20)(H,21,22). The Bertz CT molecular complexity index is 626. The third kappa shape index (κ3) is 5.29.